The Morgan fingerprint density at radius 1 is 0.950 bits per heavy atom. The third-order valence-electron chi connectivity index (χ3n) is 3.70. The third-order valence-corrected chi connectivity index (χ3v) is 3.70. The predicted molar refractivity (Wildman–Crippen MR) is 84.9 cm³/mol. The second-order valence-electron chi connectivity index (χ2n) is 5.05. The molecule has 0 radical (unpaired) electrons. The molecule has 0 aliphatic rings. The van der Waals surface area contributed by atoms with Crippen LogP contribution in [-0.4, -0.2) is 11.1 Å². The Kier molecular flexibility index (Phi) is 3.84. The number of hydrogen-bond acceptors (Lipinski definition) is 1. The van der Waals surface area contributed by atoms with Gasteiger partial charge in [0.2, 0.25) is 0 Å². The van der Waals surface area contributed by atoms with Crippen LogP contribution in [0.15, 0.2) is 60.8 Å². The molecule has 1 aromatic heterocycles. The Balaban J connectivity index is 1.92. The normalized spacial score (nSPS) is 11.1. The van der Waals surface area contributed by atoms with Gasteiger partial charge in [-0.3, -0.25) is 0 Å². The molecule has 0 unspecified atom stereocenters. The average molecular weight is 264 g/mol. The van der Waals surface area contributed by atoms with E-state index in [1.54, 1.807) is 0 Å². The highest BCUT2D eigenvalue weighted by atomic mass is 15.0. The van der Waals surface area contributed by atoms with Crippen LogP contribution in [0.1, 0.15) is 18.2 Å². The zero-order valence-corrected chi connectivity index (χ0v) is 11.8. The third kappa shape index (κ3) is 2.61. The van der Waals surface area contributed by atoms with Crippen LogP contribution in [0.3, 0.4) is 0 Å². The van der Waals surface area contributed by atoms with E-state index in [4.69, 9.17) is 0 Å². The van der Waals surface area contributed by atoms with Crippen molar-refractivity contribution in [1.82, 2.24) is 9.88 Å². The molecule has 3 aromatic rings. The first-order chi connectivity index (χ1) is 9.88. The minimum Gasteiger partial charge on any atom is -0.346 e. The van der Waals surface area contributed by atoms with Crippen LogP contribution in [-0.2, 0) is 13.1 Å². The summed E-state index contributed by atoms with van der Waals surface area (Å²) < 4.78 is 2.32. The van der Waals surface area contributed by atoms with Gasteiger partial charge in [-0.15, -0.1) is 0 Å². The van der Waals surface area contributed by atoms with Crippen molar-refractivity contribution < 1.29 is 0 Å². The van der Waals surface area contributed by atoms with Crippen molar-refractivity contribution in [2.45, 2.75) is 20.0 Å². The molecule has 3 rings (SSSR count). The topological polar surface area (TPSA) is 17.0 Å². The SMILES string of the molecule is CCNCc1cccn1Cc1cccc2ccccc12. The molecule has 0 aliphatic heterocycles. The number of aromatic nitrogens is 1. The molecule has 0 bridgehead atoms. The summed E-state index contributed by atoms with van der Waals surface area (Å²) >= 11 is 0. The fourth-order valence-electron chi connectivity index (χ4n) is 2.63. The Labute approximate surface area is 120 Å². The molecule has 102 valence electrons. The molecule has 0 aliphatic carbocycles. The highest BCUT2D eigenvalue weighted by molar-refractivity contribution is 5.85. The summed E-state index contributed by atoms with van der Waals surface area (Å²) in [5.74, 6) is 0. The van der Waals surface area contributed by atoms with Gasteiger partial charge in [0.25, 0.3) is 0 Å². The van der Waals surface area contributed by atoms with Crippen LogP contribution in [0.5, 0.6) is 0 Å². The van der Waals surface area contributed by atoms with E-state index in [1.807, 2.05) is 0 Å². The predicted octanol–water partition coefficient (Wildman–Crippen LogP) is 3.80. The summed E-state index contributed by atoms with van der Waals surface area (Å²) in [6.07, 6.45) is 2.16. The summed E-state index contributed by atoms with van der Waals surface area (Å²) in [5.41, 5.74) is 2.71. The van der Waals surface area contributed by atoms with Gasteiger partial charge in [0.1, 0.15) is 0 Å². The molecule has 0 spiro atoms. The molecule has 0 atom stereocenters. The van der Waals surface area contributed by atoms with E-state index in [0.717, 1.165) is 19.6 Å². The van der Waals surface area contributed by atoms with Gasteiger partial charge in [0.15, 0.2) is 0 Å². The number of hydrogen-bond donors (Lipinski definition) is 1. The number of rotatable bonds is 5. The van der Waals surface area contributed by atoms with E-state index < -0.39 is 0 Å². The molecular formula is C18H20N2. The lowest BCUT2D eigenvalue weighted by Crippen LogP contribution is -2.15. The van der Waals surface area contributed by atoms with Crippen molar-refractivity contribution in [2.75, 3.05) is 6.54 Å². The zero-order valence-electron chi connectivity index (χ0n) is 11.8. The van der Waals surface area contributed by atoms with Crippen molar-refractivity contribution in [1.29, 1.82) is 0 Å². The van der Waals surface area contributed by atoms with Gasteiger partial charge in [-0.25, -0.2) is 0 Å². The van der Waals surface area contributed by atoms with Crippen molar-refractivity contribution in [3.8, 4) is 0 Å². The van der Waals surface area contributed by atoms with Crippen molar-refractivity contribution in [2.24, 2.45) is 0 Å². The molecule has 20 heavy (non-hydrogen) atoms. The highest BCUT2D eigenvalue weighted by Gasteiger charge is 2.04. The van der Waals surface area contributed by atoms with Gasteiger partial charge in [-0.1, -0.05) is 49.4 Å². The van der Waals surface area contributed by atoms with Crippen LogP contribution in [0.2, 0.25) is 0 Å². The standard InChI is InChI=1S/C18H20N2/c1-2-19-13-17-10-6-12-20(17)14-16-9-5-8-15-7-3-4-11-18(15)16/h3-12,19H,2,13-14H2,1H3. The minimum absolute atomic E-state index is 0.925. The number of nitrogens with one attached hydrogen (secondary N) is 1. The smallest absolute Gasteiger partial charge is 0.0479 e. The van der Waals surface area contributed by atoms with Gasteiger partial charge in [0.05, 0.1) is 0 Å². The van der Waals surface area contributed by atoms with E-state index in [9.17, 15) is 0 Å². The molecule has 0 amide bonds. The first kappa shape index (κ1) is 12.9. The largest absolute Gasteiger partial charge is 0.346 e. The number of benzene rings is 2. The van der Waals surface area contributed by atoms with Crippen LogP contribution in [0, 0.1) is 0 Å². The lowest BCUT2D eigenvalue weighted by atomic mass is 10.0. The quantitative estimate of drug-likeness (QED) is 0.741. The number of nitrogens with zero attached hydrogens (tertiary/aromatic N) is 1. The van der Waals surface area contributed by atoms with Crippen LogP contribution in [0.25, 0.3) is 10.8 Å². The van der Waals surface area contributed by atoms with E-state index in [1.165, 1.54) is 22.0 Å². The van der Waals surface area contributed by atoms with Gasteiger partial charge >= 0.3 is 0 Å². The fraction of sp³-hybridized carbons (Fsp3) is 0.222. The Morgan fingerprint density at radius 3 is 2.70 bits per heavy atom. The highest BCUT2D eigenvalue weighted by Crippen LogP contribution is 2.20. The van der Waals surface area contributed by atoms with E-state index in [0.29, 0.717) is 0 Å². The monoisotopic (exact) mass is 264 g/mol. The first-order valence-corrected chi connectivity index (χ1v) is 7.20. The Bertz CT molecular complexity index is 692. The second-order valence-corrected chi connectivity index (χ2v) is 5.05. The maximum absolute atomic E-state index is 3.39. The van der Waals surface area contributed by atoms with Crippen LogP contribution < -0.4 is 5.32 Å². The lowest BCUT2D eigenvalue weighted by molar-refractivity contribution is 0.658. The van der Waals surface area contributed by atoms with Gasteiger partial charge in [-0.2, -0.15) is 0 Å². The summed E-state index contributed by atoms with van der Waals surface area (Å²) in [4.78, 5) is 0. The van der Waals surface area contributed by atoms with Crippen LogP contribution in [0.4, 0.5) is 0 Å². The zero-order chi connectivity index (χ0) is 13.8. The number of fused-ring (bicyclic) bond motifs is 1. The molecule has 2 aromatic carbocycles. The summed E-state index contributed by atoms with van der Waals surface area (Å²) in [5, 5.41) is 6.05. The van der Waals surface area contributed by atoms with Crippen molar-refractivity contribution in [3.05, 3.63) is 72.1 Å². The molecule has 2 nitrogen and oxygen atoms in total. The molecular weight excluding hydrogens is 244 g/mol. The van der Waals surface area contributed by atoms with Gasteiger partial charge in [-0.05, 0) is 35.0 Å². The molecule has 0 saturated carbocycles. The Morgan fingerprint density at radius 2 is 1.80 bits per heavy atom. The molecule has 0 saturated heterocycles. The molecule has 1 N–H and O–H groups in total. The van der Waals surface area contributed by atoms with Crippen molar-refractivity contribution in [3.63, 3.8) is 0 Å². The minimum atomic E-state index is 0.925. The van der Waals surface area contributed by atoms with Gasteiger partial charge < -0.3 is 9.88 Å². The Hall–Kier alpha value is -2.06. The van der Waals surface area contributed by atoms with E-state index in [2.05, 4.69) is 77.6 Å². The molecule has 0 fully saturated rings. The van der Waals surface area contributed by atoms with E-state index in [-0.39, 0.29) is 0 Å². The van der Waals surface area contributed by atoms with Gasteiger partial charge in [0, 0.05) is 25.0 Å². The van der Waals surface area contributed by atoms with E-state index >= 15 is 0 Å². The fourth-order valence-corrected chi connectivity index (χ4v) is 2.63. The van der Waals surface area contributed by atoms with Crippen LogP contribution >= 0.6 is 0 Å². The first-order valence-electron chi connectivity index (χ1n) is 7.20. The summed E-state index contributed by atoms with van der Waals surface area (Å²) in [6, 6.07) is 19.4. The lowest BCUT2D eigenvalue weighted by Gasteiger charge is -2.12. The van der Waals surface area contributed by atoms with Crippen molar-refractivity contribution >= 4 is 10.8 Å². The molecule has 2 heteroatoms. The maximum atomic E-state index is 3.39. The second kappa shape index (κ2) is 5.93. The summed E-state index contributed by atoms with van der Waals surface area (Å²) in [7, 11) is 0. The average Bonchev–Trinajstić information content (AvgIpc) is 2.93. The maximum Gasteiger partial charge on any atom is 0.0479 e. The summed E-state index contributed by atoms with van der Waals surface area (Å²) in [6.45, 7) is 4.99. The molecule has 1 heterocycles.